The van der Waals surface area contributed by atoms with E-state index in [-0.39, 0.29) is 62.0 Å². The van der Waals surface area contributed by atoms with Crippen LogP contribution in [-0.4, -0.2) is 167 Å². The smallest absolute Gasteiger partial charge is 0.407 e. The number of fused-ring (bicyclic) bond motifs is 3. The van der Waals surface area contributed by atoms with Crippen LogP contribution >= 0.6 is 25.3 Å². The van der Waals surface area contributed by atoms with Crippen LogP contribution in [0.25, 0.3) is 11.1 Å². The number of amides is 12. The second-order valence-electron chi connectivity index (χ2n) is 21.3. The van der Waals surface area contributed by atoms with E-state index in [1.807, 2.05) is 48.5 Å². The number of nitrogens with one attached hydrogen (secondary N) is 8. The average Bonchev–Trinajstić information content (AvgIpc) is 2.21. The van der Waals surface area contributed by atoms with Gasteiger partial charge in [-0.2, -0.15) is 25.3 Å². The van der Waals surface area contributed by atoms with Crippen molar-refractivity contribution in [2.24, 2.45) is 28.9 Å². The Kier molecular flexibility index (Phi) is 27.1. The molecule has 29 heteroatoms. The number of nitrogens with zero attached hydrogens (tertiary/aromatic N) is 1. The summed E-state index contributed by atoms with van der Waals surface area (Å²) in [5.41, 5.74) is 26.2. The first-order chi connectivity index (χ1) is 41.5. The third-order valence-electron chi connectivity index (χ3n) is 14.9. The fraction of sp³-hybridized carbons (Fsp3) is 0.483. The Bertz CT molecular complexity index is 2930. The van der Waals surface area contributed by atoms with Gasteiger partial charge in [0, 0.05) is 36.8 Å². The lowest BCUT2D eigenvalue weighted by molar-refractivity contribution is -0.142. The lowest BCUT2D eigenvalue weighted by Crippen LogP contribution is -2.61. The van der Waals surface area contributed by atoms with Crippen molar-refractivity contribution in [3.8, 4) is 16.9 Å². The maximum atomic E-state index is 14.5. The van der Waals surface area contributed by atoms with Gasteiger partial charge in [0.05, 0.1) is 13.0 Å². The number of carbonyl (C=O) groups is 12. The number of aromatic hydroxyl groups is 1. The third-order valence-corrected chi connectivity index (χ3v) is 15.7. The lowest BCUT2D eigenvalue weighted by Gasteiger charge is -2.30. The molecule has 3 aromatic rings. The number of hydrogen-bond acceptors (Lipinski definition) is 17. The van der Waals surface area contributed by atoms with Crippen LogP contribution < -0.4 is 65.5 Å². The van der Waals surface area contributed by atoms with Crippen molar-refractivity contribution >= 4 is 96.3 Å². The summed E-state index contributed by atoms with van der Waals surface area (Å²) in [6, 6.07) is 9.80. The Balaban J connectivity index is 1.29. The maximum Gasteiger partial charge on any atom is 0.407 e. The molecule has 1 saturated heterocycles. The highest BCUT2D eigenvalue weighted by molar-refractivity contribution is 7.80. The molecule has 3 aromatic carbocycles. The zero-order valence-electron chi connectivity index (χ0n) is 48.4. The number of ether oxygens (including phenoxy) is 1. The van der Waals surface area contributed by atoms with Crippen LogP contribution in [0.3, 0.4) is 0 Å². The number of thiol groups is 2. The van der Waals surface area contributed by atoms with E-state index in [9.17, 15) is 62.6 Å². The van der Waals surface area contributed by atoms with Crippen LogP contribution in [0.4, 0.5) is 4.79 Å². The van der Waals surface area contributed by atoms with Gasteiger partial charge in [-0.05, 0) is 90.9 Å². The van der Waals surface area contributed by atoms with Gasteiger partial charge in [-0.15, -0.1) is 0 Å². The minimum Gasteiger partial charge on any atom is -0.508 e. The zero-order valence-corrected chi connectivity index (χ0v) is 50.2. The normalized spacial score (nSPS) is 16.1. The Hall–Kier alpha value is -8.44. The predicted octanol–water partition coefficient (Wildman–Crippen LogP) is -1.48. The highest BCUT2D eigenvalue weighted by atomic mass is 32.1. The number of primary amides is 3. The predicted molar refractivity (Wildman–Crippen MR) is 325 cm³/mol. The van der Waals surface area contributed by atoms with Gasteiger partial charge < -0.3 is 80.2 Å². The van der Waals surface area contributed by atoms with E-state index in [1.54, 1.807) is 13.8 Å². The number of unbranched alkanes of at least 4 members (excludes halogenated alkanes) is 1. The standard InChI is InChI=1S/C58H79N13O14S2/c1-3-31(2)49(70-53(79)41(25-32-17-19-33(72)20-18-32)66-54(80)43(29-86)69-58(84)85-28-38-36-13-6-4-11-34(36)35-12-5-7-14-37(35)38)56(82)65-40(21-22-46(60)73)51(77)67-42(26-47(61)74)52(78)68-44(30-87)57(83)71-24-10-16-45(71)55(81)64-39(15-8-9-23-59)50(76)63-27-48(62)75/h4-7,11-14,17-20,31,38-45,49,72,86-87H,3,8-10,15-16,21-30,59H2,1-2H3,(H2,60,73)(H2,61,74)(H2,62,75)(H,63,76)(H,64,81)(H,65,82)(H,66,80)(H,67,77)(H,68,78)(H,69,84)(H,70,79)/t31-,39-,40-,41-,42-,43-,44-,45-,49-/m0/s1. The number of likely N-dealkylation sites (tertiary alicyclic amines) is 1. The number of alkyl carbamates (subject to hydrolysis) is 1. The van der Waals surface area contributed by atoms with E-state index in [0.29, 0.717) is 31.4 Å². The molecule has 27 nitrogen and oxygen atoms in total. The minimum atomic E-state index is -1.81. The van der Waals surface area contributed by atoms with Gasteiger partial charge in [0.1, 0.15) is 60.7 Å². The SMILES string of the molecule is CC[C@H](C)[C@H](NC(=O)[C@H](Cc1ccc(O)cc1)NC(=O)[C@H](CS)NC(=O)OCC1c2ccccc2-c2ccccc21)C(=O)N[C@@H](CCC(N)=O)C(=O)N[C@@H](CC(N)=O)C(=O)N[C@@H](CS)C(=O)N1CCC[C@H]1C(=O)N[C@@H](CCCCN)C(=O)NCC(N)=O. The van der Waals surface area contributed by atoms with E-state index in [1.165, 1.54) is 29.2 Å². The second-order valence-corrected chi connectivity index (χ2v) is 22.0. The molecule has 472 valence electrons. The van der Waals surface area contributed by atoms with Gasteiger partial charge in [0.15, 0.2) is 0 Å². The van der Waals surface area contributed by atoms with Crippen LogP contribution in [0.1, 0.15) is 94.2 Å². The summed E-state index contributed by atoms with van der Waals surface area (Å²) < 4.78 is 5.66. The van der Waals surface area contributed by atoms with Crippen molar-refractivity contribution in [3.63, 3.8) is 0 Å². The van der Waals surface area contributed by atoms with Gasteiger partial charge in [-0.1, -0.05) is 80.9 Å². The molecule has 87 heavy (non-hydrogen) atoms. The van der Waals surface area contributed by atoms with Crippen molar-refractivity contribution in [2.45, 2.75) is 132 Å². The number of nitrogens with two attached hydrogens (primary N) is 4. The molecule has 0 spiro atoms. The number of benzene rings is 3. The van der Waals surface area contributed by atoms with E-state index in [2.05, 4.69) is 67.8 Å². The van der Waals surface area contributed by atoms with Crippen LogP contribution in [0.15, 0.2) is 72.8 Å². The van der Waals surface area contributed by atoms with Crippen molar-refractivity contribution in [1.29, 1.82) is 0 Å². The molecule has 9 atom stereocenters. The zero-order chi connectivity index (χ0) is 63.9. The Morgan fingerprint density at radius 1 is 0.632 bits per heavy atom. The monoisotopic (exact) mass is 1250 g/mol. The molecule has 2 aliphatic rings. The van der Waals surface area contributed by atoms with Crippen LogP contribution in [0, 0.1) is 5.92 Å². The van der Waals surface area contributed by atoms with Crippen LogP contribution in [0.5, 0.6) is 5.75 Å². The van der Waals surface area contributed by atoms with E-state index < -0.39 is 151 Å². The molecule has 1 fully saturated rings. The lowest BCUT2D eigenvalue weighted by atomic mass is 9.96. The topological polar surface area (TPSA) is 438 Å². The second kappa shape index (κ2) is 34.0. The third kappa shape index (κ3) is 20.3. The summed E-state index contributed by atoms with van der Waals surface area (Å²) in [6.07, 6.45) is -1.03. The summed E-state index contributed by atoms with van der Waals surface area (Å²) in [5.74, 6) is -11.5. The van der Waals surface area contributed by atoms with Gasteiger partial charge in [0.2, 0.25) is 65.0 Å². The number of carbonyl (C=O) groups excluding carboxylic acids is 12. The molecule has 0 saturated carbocycles. The first-order valence-corrected chi connectivity index (χ1v) is 29.8. The summed E-state index contributed by atoms with van der Waals surface area (Å²) in [7, 11) is 0. The van der Waals surface area contributed by atoms with Gasteiger partial charge in [-0.3, -0.25) is 52.7 Å². The van der Waals surface area contributed by atoms with E-state index in [0.717, 1.165) is 22.3 Å². The summed E-state index contributed by atoms with van der Waals surface area (Å²) in [6.45, 7) is 3.15. The number of rotatable bonds is 34. The van der Waals surface area contributed by atoms with E-state index in [4.69, 9.17) is 27.7 Å². The molecular weight excluding hydrogens is 1170 g/mol. The number of phenolic OH excluding ortho intramolecular Hbond substituents is 1. The van der Waals surface area contributed by atoms with Gasteiger partial charge in [0.25, 0.3) is 0 Å². The van der Waals surface area contributed by atoms with Gasteiger partial charge >= 0.3 is 6.09 Å². The first kappa shape index (κ1) is 69.3. The molecule has 1 heterocycles. The first-order valence-electron chi connectivity index (χ1n) is 28.6. The van der Waals surface area contributed by atoms with Crippen molar-refractivity contribution in [1.82, 2.24) is 47.4 Å². The quantitative estimate of drug-likeness (QED) is 0.0240. The van der Waals surface area contributed by atoms with Crippen molar-refractivity contribution in [3.05, 3.63) is 89.5 Å². The van der Waals surface area contributed by atoms with E-state index >= 15 is 0 Å². The molecule has 1 aliphatic heterocycles. The minimum absolute atomic E-state index is 0.0526. The van der Waals surface area contributed by atoms with Crippen LogP contribution in [0.2, 0.25) is 0 Å². The summed E-state index contributed by atoms with van der Waals surface area (Å²) >= 11 is 8.57. The molecule has 0 radical (unpaired) electrons. The fourth-order valence-electron chi connectivity index (χ4n) is 10.1. The molecule has 0 unspecified atom stereocenters. The average molecular weight is 1250 g/mol. The Labute approximate surface area is 514 Å². The van der Waals surface area contributed by atoms with Crippen molar-refractivity contribution < 1.29 is 67.4 Å². The Morgan fingerprint density at radius 2 is 1.20 bits per heavy atom. The number of hydrogen-bond donors (Lipinski definition) is 15. The molecular formula is C58H79N13O14S2. The Morgan fingerprint density at radius 3 is 1.78 bits per heavy atom. The highest BCUT2D eigenvalue weighted by Gasteiger charge is 2.41. The van der Waals surface area contributed by atoms with Gasteiger partial charge in [-0.25, -0.2) is 4.79 Å². The van der Waals surface area contributed by atoms with Crippen LogP contribution in [-0.2, 0) is 63.9 Å². The summed E-state index contributed by atoms with van der Waals surface area (Å²) in [4.78, 5) is 162. The molecule has 0 aromatic heterocycles. The highest BCUT2D eigenvalue weighted by Crippen LogP contribution is 2.44. The summed E-state index contributed by atoms with van der Waals surface area (Å²) in [5, 5.41) is 30.2. The molecule has 12 amide bonds. The maximum absolute atomic E-state index is 14.5. The largest absolute Gasteiger partial charge is 0.508 e. The fourth-order valence-corrected chi connectivity index (χ4v) is 10.6. The molecule has 5 rings (SSSR count). The molecule has 0 bridgehead atoms. The molecule has 1 aliphatic carbocycles. The van der Waals surface area contributed by atoms with Crippen molar-refractivity contribution in [2.75, 3.05) is 37.7 Å². The molecule has 17 N–H and O–H groups in total. The number of phenols is 1.